The summed E-state index contributed by atoms with van der Waals surface area (Å²) in [5.74, 6) is 0.0126. The van der Waals surface area contributed by atoms with Gasteiger partial charge in [-0.05, 0) is 70.9 Å². The summed E-state index contributed by atoms with van der Waals surface area (Å²) >= 11 is 3.40. The van der Waals surface area contributed by atoms with Gasteiger partial charge in [-0.3, -0.25) is 4.79 Å². The SMILES string of the molecule is CCOc1c(Br)cc(C=C(C#N)C(=O)Nc2ccc(F)cc2)cc1OC. The highest BCUT2D eigenvalue weighted by atomic mass is 79.9. The number of rotatable bonds is 6. The summed E-state index contributed by atoms with van der Waals surface area (Å²) in [6.07, 6.45) is 1.43. The Balaban J connectivity index is 2.30. The van der Waals surface area contributed by atoms with Crippen molar-refractivity contribution in [3.8, 4) is 17.6 Å². The highest BCUT2D eigenvalue weighted by molar-refractivity contribution is 9.10. The Morgan fingerprint density at radius 3 is 2.62 bits per heavy atom. The van der Waals surface area contributed by atoms with Gasteiger partial charge in [-0.2, -0.15) is 5.26 Å². The molecule has 7 heteroatoms. The molecule has 0 aliphatic rings. The second kappa shape index (κ2) is 9.02. The van der Waals surface area contributed by atoms with Gasteiger partial charge in [-0.1, -0.05) is 0 Å². The summed E-state index contributed by atoms with van der Waals surface area (Å²) in [7, 11) is 1.50. The number of methoxy groups -OCH3 is 1. The topological polar surface area (TPSA) is 71.3 Å². The summed E-state index contributed by atoms with van der Waals surface area (Å²) in [5, 5.41) is 11.9. The van der Waals surface area contributed by atoms with Crippen molar-refractivity contribution in [2.75, 3.05) is 19.0 Å². The number of carbonyl (C=O) groups excluding carboxylic acids is 1. The van der Waals surface area contributed by atoms with Gasteiger partial charge in [-0.25, -0.2) is 4.39 Å². The van der Waals surface area contributed by atoms with E-state index >= 15 is 0 Å². The lowest BCUT2D eigenvalue weighted by atomic mass is 10.1. The number of hydrogen-bond acceptors (Lipinski definition) is 4. The van der Waals surface area contributed by atoms with Crippen LogP contribution < -0.4 is 14.8 Å². The molecular formula is C19H16BrFN2O3. The second-order valence-electron chi connectivity index (χ2n) is 5.10. The molecule has 1 N–H and O–H groups in total. The van der Waals surface area contributed by atoms with Crippen molar-refractivity contribution in [3.05, 3.63) is 57.8 Å². The van der Waals surface area contributed by atoms with Crippen LogP contribution >= 0.6 is 15.9 Å². The van der Waals surface area contributed by atoms with Crippen LogP contribution in [0, 0.1) is 17.1 Å². The molecule has 26 heavy (non-hydrogen) atoms. The molecule has 0 fully saturated rings. The zero-order valence-electron chi connectivity index (χ0n) is 14.2. The molecule has 0 heterocycles. The maximum atomic E-state index is 12.9. The molecule has 134 valence electrons. The monoisotopic (exact) mass is 418 g/mol. The van der Waals surface area contributed by atoms with Crippen molar-refractivity contribution in [1.29, 1.82) is 5.26 Å². The van der Waals surface area contributed by atoms with Gasteiger partial charge in [0.15, 0.2) is 11.5 Å². The first-order valence-corrected chi connectivity index (χ1v) is 8.46. The molecule has 0 bridgehead atoms. The Morgan fingerprint density at radius 1 is 1.35 bits per heavy atom. The smallest absolute Gasteiger partial charge is 0.266 e. The predicted octanol–water partition coefficient (Wildman–Crippen LogP) is 4.54. The van der Waals surface area contributed by atoms with Crippen LogP contribution in [0.4, 0.5) is 10.1 Å². The van der Waals surface area contributed by atoms with Crippen LogP contribution in [0.3, 0.4) is 0 Å². The Morgan fingerprint density at radius 2 is 2.04 bits per heavy atom. The molecule has 0 aliphatic heterocycles. The van der Waals surface area contributed by atoms with Crippen LogP contribution in [0.15, 0.2) is 46.4 Å². The van der Waals surface area contributed by atoms with Crippen LogP contribution in [0.25, 0.3) is 6.08 Å². The van der Waals surface area contributed by atoms with E-state index in [0.717, 1.165) is 0 Å². The normalized spacial score (nSPS) is 10.8. The third-order valence-electron chi connectivity index (χ3n) is 3.32. The van der Waals surface area contributed by atoms with E-state index in [1.165, 1.54) is 37.5 Å². The number of amides is 1. The highest BCUT2D eigenvalue weighted by Crippen LogP contribution is 2.37. The van der Waals surface area contributed by atoms with Gasteiger partial charge >= 0.3 is 0 Å². The summed E-state index contributed by atoms with van der Waals surface area (Å²) in [6, 6.07) is 10.5. The lowest BCUT2D eigenvalue weighted by Crippen LogP contribution is -2.13. The van der Waals surface area contributed by atoms with Crippen LogP contribution in [-0.4, -0.2) is 19.6 Å². The molecule has 0 radical (unpaired) electrons. The number of ether oxygens (including phenoxy) is 2. The molecule has 0 aliphatic carbocycles. The van der Waals surface area contributed by atoms with Gasteiger partial charge in [0.05, 0.1) is 18.2 Å². The lowest BCUT2D eigenvalue weighted by molar-refractivity contribution is -0.112. The van der Waals surface area contributed by atoms with E-state index in [1.54, 1.807) is 12.1 Å². The molecule has 0 saturated carbocycles. The molecule has 5 nitrogen and oxygen atoms in total. The maximum Gasteiger partial charge on any atom is 0.266 e. The van der Waals surface area contributed by atoms with Gasteiger partial charge in [0.2, 0.25) is 0 Å². The fraction of sp³-hybridized carbons (Fsp3) is 0.158. The lowest BCUT2D eigenvalue weighted by Gasteiger charge is -2.12. The average Bonchev–Trinajstić information content (AvgIpc) is 2.63. The Kier molecular flexibility index (Phi) is 6.75. The van der Waals surface area contributed by atoms with Gasteiger partial charge in [-0.15, -0.1) is 0 Å². The molecule has 0 unspecified atom stereocenters. The Labute approximate surface area is 159 Å². The van der Waals surface area contributed by atoms with Crippen LogP contribution in [0.1, 0.15) is 12.5 Å². The van der Waals surface area contributed by atoms with Crippen molar-refractivity contribution in [3.63, 3.8) is 0 Å². The number of carbonyl (C=O) groups is 1. The minimum atomic E-state index is -0.594. The Bertz CT molecular complexity index is 874. The van der Waals surface area contributed by atoms with Gasteiger partial charge in [0.1, 0.15) is 17.5 Å². The van der Waals surface area contributed by atoms with Crippen molar-refractivity contribution in [1.82, 2.24) is 0 Å². The van der Waals surface area contributed by atoms with Gasteiger partial charge in [0, 0.05) is 5.69 Å². The first-order chi connectivity index (χ1) is 12.5. The molecular weight excluding hydrogens is 403 g/mol. The van der Waals surface area contributed by atoms with E-state index in [4.69, 9.17) is 9.47 Å². The number of anilines is 1. The van der Waals surface area contributed by atoms with E-state index in [2.05, 4.69) is 21.2 Å². The number of hydrogen-bond donors (Lipinski definition) is 1. The first-order valence-electron chi connectivity index (χ1n) is 7.67. The fourth-order valence-corrected chi connectivity index (χ4v) is 2.73. The molecule has 0 saturated heterocycles. The van der Waals surface area contributed by atoms with Gasteiger partial charge < -0.3 is 14.8 Å². The number of benzene rings is 2. The van der Waals surface area contributed by atoms with E-state index in [1.807, 2.05) is 13.0 Å². The summed E-state index contributed by atoms with van der Waals surface area (Å²) in [4.78, 5) is 12.3. The predicted molar refractivity (Wildman–Crippen MR) is 100 cm³/mol. The van der Waals surface area contributed by atoms with Crippen molar-refractivity contribution in [2.24, 2.45) is 0 Å². The molecule has 2 aromatic rings. The van der Waals surface area contributed by atoms with Gasteiger partial charge in [0.25, 0.3) is 5.91 Å². The molecule has 0 atom stereocenters. The standard InChI is InChI=1S/C19H16BrFN2O3/c1-3-26-18-16(20)9-12(10-17(18)25-2)8-13(11-22)19(24)23-15-6-4-14(21)5-7-15/h4-10H,3H2,1-2H3,(H,23,24). The van der Waals surface area contributed by atoms with E-state index in [0.29, 0.717) is 33.8 Å². The van der Waals surface area contributed by atoms with Crippen molar-refractivity contribution >= 4 is 33.6 Å². The third-order valence-corrected chi connectivity index (χ3v) is 3.91. The summed E-state index contributed by atoms with van der Waals surface area (Å²) in [6.45, 7) is 2.32. The minimum Gasteiger partial charge on any atom is -0.493 e. The first kappa shape index (κ1) is 19.5. The second-order valence-corrected chi connectivity index (χ2v) is 5.95. The van der Waals surface area contributed by atoms with E-state index in [9.17, 15) is 14.4 Å². The summed E-state index contributed by atoms with van der Waals surface area (Å²) < 4.78 is 24.4. The summed E-state index contributed by atoms with van der Waals surface area (Å²) in [5.41, 5.74) is 0.874. The minimum absolute atomic E-state index is 0.104. The third kappa shape index (κ3) is 4.83. The number of nitrogens with zero attached hydrogens (tertiary/aromatic N) is 1. The number of nitrogens with one attached hydrogen (secondary N) is 1. The van der Waals surface area contributed by atoms with Crippen molar-refractivity contribution in [2.45, 2.75) is 6.92 Å². The molecule has 2 aromatic carbocycles. The van der Waals surface area contributed by atoms with E-state index in [-0.39, 0.29) is 5.57 Å². The average molecular weight is 419 g/mol. The fourth-order valence-electron chi connectivity index (χ4n) is 2.15. The molecule has 2 rings (SSSR count). The van der Waals surface area contributed by atoms with E-state index < -0.39 is 11.7 Å². The zero-order chi connectivity index (χ0) is 19.1. The van der Waals surface area contributed by atoms with Crippen LogP contribution in [0.5, 0.6) is 11.5 Å². The quantitative estimate of drug-likeness (QED) is 0.551. The zero-order valence-corrected chi connectivity index (χ0v) is 15.8. The number of nitriles is 1. The Hall–Kier alpha value is -2.85. The molecule has 0 aromatic heterocycles. The van der Waals surface area contributed by atoms with Crippen molar-refractivity contribution < 1.29 is 18.7 Å². The molecule has 1 amide bonds. The van der Waals surface area contributed by atoms with Crippen LogP contribution in [0.2, 0.25) is 0 Å². The largest absolute Gasteiger partial charge is 0.493 e. The maximum absolute atomic E-state index is 12.9. The van der Waals surface area contributed by atoms with Crippen LogP contribution in [-0.2, 0) is 4.79 Å². The number of halogens is 2. The highest BCUT2D eigenvalue weighted by Gasteiger charge is 2.13. The molecule has 0 spiro atoms.